The molecule has 5 heteroatoms. The summed E-state index contributed by atoms with van der Waals surface area (Å²) in [4.78, 5) is 26.9. The summed E-state index contributed by atoms with van der Waals surface area (Å²) in [7, 11) is 1.47. The molecule has 1 N–H and O–H groups in total. The van der Waals surface area contributed by atoms with E-state index in [-0.39, 0.29) is 29.6 Å². The minimum absolute atomic E-state index is 0.0103. The van der Waals surface area contributed by atoms with Crippen molar-refractivity contribution in [1.29, 1.82) is 0 Å². The largest absolute Gasteiger partial charge is 0.469 e. The summed E-state index contributed by atoms with van der Waals surface area (Å²) < 4.78 is 5.11. The quantitative estimate of drug-likeness (QED) is 0.666. The van der Waals surface area contributed by atoms with Gasteiger partial charge < -0.3 is 15.0 Å². The Morgan fingerprint density at radius 1 is 1.07 bits per heavy atom. The molecule has 1 aliphatic rings. The van der Waals surface area contributed by atoms with Crippen LogP contribution in [-0.4, -0.2) is 32.1 Å². The minimum Gasteiger partial charge on any atom is -0.469 e. The molecule has 1 amide bonds. The number of nitrogens with one attached hydrogen (secondary N) is 1. The summed E-state index contributed by atoms with van der Waals surface area (Å²) in [6.07, 6.45) is 2.69. The Hall–Kier alpha value is -2.82. The highest BCUT2D eigenvalue weighted by Gasteiger charge is 2.33. The van der Waals surface area contributed by atoms with Crippen LogP contribution in [0.25, 0.3) is 0 Å². The summed E-state index contributed by atoms with van der Waals surface area (Å²) in [6, 6.07) is 18.0. The normalized spacial score (nSPS) is 16.6. The topological polar surface area (TPSA) is 58.6 Å². The van der Waals surface area contributed by atoms with E-state index in [9.17, 15) is 9.59 Å². The van der Waals surface area contributed by atoms with Crippen LogP contribution in [0.5, 0.6) is 0 Å². The van der Waals surface area contributed by atoms with Crippen LogP contribution in [0.3, 0.4) is 0 Å². The summed E-state index contributed by atoms with van der Waals surface area (Å²) in [6.45, 7) is 5.73. The van der Waals surface area contributed by atoms with E-state index in [2.05, 4.69) is 22.3 Å². The third kappa shape index (κ3) is 5.21. The summed E-state index contributed by atoms with van der Waals surface area (Å²) in [5.74, 6) is -0.0281. The molecule has 1 heterocycles. The van der Waals surface area contributed by atoms with Crippen molar-refractivity contribution in [3.8, 4) is 0 Å². The lowest BCUT2D eigenvalue weighted by Crippen LogP contribution is -2.37. The van der Waals surface area contributed by atoms with E-state index in [1.165, 1.54) is 7.11 Å². The first-order valence-electron chi connectivity index (χ1n) is 10.8. The van der Waals surface area contributed by atoms with Crippen molar-refractivity contribution in [1.82, 2.24) is 0 Å². The molecular weight excluding hydrogens is 376 g/mol. The number of esters is 1. The zero-order valence-corrected chi connectivity index (χ0v) is 18.1. The van der Waals surface area contributed by atoms with Crippen LogP contribution in [0.2, 0.25) is 0 Å². The fraction of sp³-hybridized carbons (Fsp3) is 0.440. The van der Waals surface area contributed by atoms with Crippen molar-refractivity contribution in [2.75, 3.05) is 30.4 Å². The molecule has 30 heavy (non-hydrogen) atoms. The highest BCUT2D eigenvalue weighted by atomic mass is 16.5. The van der Waals surface area contributed by atoms with Crippen LogP contribution in [0.4, 0.5) is 11.4 Å². The van der Waals surface area contributed by atoms with Crippen molar-refractivity contribution in [2.45, 2.75) is 39.0 Å². The molecule has 5 nitrogen and oxygen atoms in total. The summed E-state index contributed by atoms with van der Waals surface area (Å²) in [5.41, 5.74) is 3.00. The SMILES string of the molecule is CCC(C)C(=O)Nc1ccc(N2CCC(C(C(=O)OC)c3ccccc3)CC2)cc1. The number of nitrogens with zero attached hydrogens (tertiary/aromatic N) is 1. The molecule has 1 fully saturated rings. The van der Waals surface area contributed by atoms with Gasteiger partial charge in [-0.1, -0.05) is 44.2 Å². The molecule has 2 aromatic carbocycles. The van der Waals surface area contributed by atoms with E-state index in [4.69, 9.17) is 4.74 Å². The Morgan fingerprint density at radius 2 is 1.70 bits per heavy atom. The molecule has 2 unspecified atom stereocenters. The molecule has 0 aliphatic carbocycles. The highest BCUT2D eigenvalue weighted by Crippen LogP contribution is 2.35. The number of hydrogen-bond acceptors (Lipinski definition) is 4. The van der Waals surface area contributed by atoms with Crippen molar-refractivity contribution in [3.63, 3.8) is 0 Å². The number of methoxy groups -OCH3 is 1. The molecule has 0 aromatic heterocycles. The number of amides is 1. The van der Waals surface area contributed by atoms with Gasteiger partial charge in [-0.15, -0.1) is 0 Å². The third-order valence-electron chi connectivity index (χ3n) is 6.18. The first-order valence-corrected chi connectivity index (χ1v) is 10.8. The molecule has 3 rings (SSSR count). The lowest BCUT2D eigenvalue weighted by molar-refractivity contribution is -0.144. The van der Waals surface area contributed by atoms with E-state index in [1.807, 2.05) is 56.3 Å². The molecule has 160 valence electrons. The molecule has 0 spiro atoms. The Kier molecular flexibility index (Phi) is 7.50. The van der Waals surface area contributed by atoms with Gasteiger partial charge in [0.25, 0.3) is 0 Å². The van der Waals surface area contributed by atoms with Crippen LogP contribution >= 0.6 is 0 Å². The zero-order valence-electron chi connectivity index (χ0n) is 18.1. The van der Waals surface area contributed by atoms with Gasteiger partial charge in [0.1, 0.15) is 0 Å². The second-order valence-corrected chi connectivity index (χ2v) is 8.08. The first-order chi connectivity index (χ1) is 14.5. The average molecular weight is 409 g/mol. The fourth-order valence-electron chi connectivity index (χ4n) is 4.09. The number of ether oxygens (including phenoxy) is 1. The maximum absolute atomic E-state index is 12.5. The number of piperidine rings is 1. The Bertz CT molecular complexity index is 827. The van der Waals surface area contributed by atoms with Gasteiger partial charge in [-0.25, -0.2) is 0 Å². The van der Waals surface area contributed by atoms with Crippen molar-refractivity contribution in [3.05, 3.63) is 60.2 Å². The predicted octanol–water partition coefficient (Wildman–Crippen LogP) is 4.84. The maximum Gasteiger partial charge on any atom is 0.313 e. The Labute approximate surface area is 179 Å². The van der Waals surface area contributed by atoms with Gasteiger partial charge in [-0.3, -0.25) is 9.59 Å². The second-order valence-electron chi connectivity index (χ2n) is 8.08. The average Bonchev–Trinajstić information content (AvgIpc) is 2.80. The molecule has 0 bridgehead atoms. The molecule has 1 aliphatic heterocycles. The highest BCUT2D eigenvalue weighted by molar-refractivity contribution is 5.92. The molecule has 0 radical (unpaired) electrons. The van der Waals surface area contributed by atoms with Crippen LogP contribution in [0.1, 0.15) is 44.6 Å². The van der Waals surface area contributed by atoms with Crippen LogP contribution in [-0.2, 0) is 14.3 Å². The van der Waals surface area contributed by atoms with Gasteiger partial charge in [0.15, 0.2) is 0 Å². The van der Waals surface area contributed by atoms with Gasteiger partial charge >= 0.3 is 5.97 Å². The van der Waals surface area contributed by atoms with E-state index in [0.717, 1.165) is 49.3 Å². The molecule has 1 saturated heterocycles. The van der Waals surface area contributed by atoms with Gasteiger partial charge in [0, 0.05) is 30.4 Å². The summed E-state index contributed by atoms with van der Waals surface area (Å²) in [5, 5.41) is 2.97. The van der Waals surface area contributed by atoms with E-state index < -0.39 is 0 Å². The van der Waals surface area contributed by atoms with Crippen LogP contribution in [0.15, 0.2) is 54.6 Å². The molecular formula is C25H32N2O3. The van der Waals surface area contributed by atoms with Gasteiger partial charge in [0.2, 0.25) is 5.91 Å². The molecule has 0 saturated carbocycles. The zero-order chi connectivity index (χ0) is 21.5. The summed E-state index contributed by atoms with van der Waals surface area (Å²) >= 11 is 0. The number of carbonyl (C=O) groups is 2. The molecule has 2 atom stereocenters. The fourth-order valence-corrected chi connectivity index (χ4v) is 4.09. The van der Waals surface area contributed by atoms with Crippen molar-refractivity contribution in [2.24, 2.45) is 11.8 Å². The van der Waals surface area contributed by atoms with Gasteiger partial charge in [-0.2, -0.15) is 0 Å². The van der Waals surface area contributed by atoms with Gasteiger partial charge in [-0.05, 0) is 55.0 Å². The smallest absolute Gasteiger partial charge is 0.313 e. The predicted molar refractivity (Wildman–Crippen MR) is 121 cm³/mol. The number of rotatable bonds is 7. The number of anilines is 2. The van der Waals surface area contributed by atoms with E-state index in [1.54, 1.807) is 0 Å². The van der Waals surface area contributed by atoms with E-state index in [0.29, 0.717) is 0 Å². The maximum atomic E-state index is 12.5. The number of benzene rings is 2. The first kappa shape index (κ1) is 21.9. The lowest BCUT2D eigenvalue weighted by Gasteiger charge is -2.36. The van der Waals surface area contributed by atoms with Crippen LogP contribution in [0, 0.1) is 11.8 Å². The standard InChI is InChI=1S/C25H32N2O3/c1-4-18(2)24(28)26-21-10-12-22(13-11-21)27-16-14-20(15-17-27)23(25(29)30-3)19-8-6-5-7-9-19/h5-13,18,20,23H,4,14-17H2,1-3H3,(H,26,28). The minimum atomic E-state index is -0.212. The van der Waals surface area contributed by atoms with E-state index >= 15 is 0 Å². The molecule has 2 aromatic rings. The van der Waals surface area contributed by atoms with Crippen molar-refractivity contribution >= 4 is 23.3 Å². The van der Waals surface area contributed by atoms with Gasteiger partial charge in [0.05, 0.1) is 13.0 Å². The Balaban J connectivity index is 1.62. The second kappa shape index (κ2) is 10.3. The Morgan fingerprint density at radius 3 is 2.27 bits per heavy atom. The monoisotopic (exact) mass is 408 g/mol. The third-order valence-corrected chi connectivity index (χ3v) is 6.18. The van der Waals surface area contributed by atoms with Crippen LogP contribution < -0.4 is 10.2 Å². The number of hydrogen-bond donors (Lipinski definition) is 1. The lowest BCUT2D eigenvalue weighted by atomic mass is 9.80. The number of carbonyl (C=O) groups excluding carboxylic acids is 2. The van der Waals surface area contributed by atoms with Crippen molar-refractivity contribution < 1.29 is 14.3 Å².